The highest BCUT2D eigenvalue weighted by molar-refractivity contribution is 7.16. The minimum absolute atomic E-state index is 0.119. The lowest BCUT2D eigenvalue weighted by Gasteiger charge is -2.00. The van der Waals surface area contributed by atoms with E-state index in [9.17, 15) is 13.6 Å². The van der Waals surface area contributed by atoms with E-state index in [1.54, 1.807) is 11.3 Å². The zero-order valence-corrected chi connectivity index (χ0v) is 15.9. The Morgan fingerprint density at radius 3 is 2.89 bits per heavy atom. The fraction of sp³-hybridized carbons (Fsp3) is 0.105. The first-order chi connectivity index (χ1) is 13.6. The summed E-state index contributed by atoms with van der Waals surface area (Å²) in [5, 5.41) is 7.13. The van der Waals surface area contributed by atoms with Crippen molar-refractivity contribution in [2.24, 2.45) is 0 Å². The Hall–Kier alpha value is -2.91. The number of oxazole rings is 1. The number of carbonyl (C=O) groups is 1. The second-order valence-electron chi connectivity index (χ2n) is 5.81. The number of hydrogen-bond donors (Lipinski definition) is 1. The second-order valence-corrected chi connectivity index (χ2v) is 7.61. The third kappa shape index (κ3) is 4.15. The number of anilines is 1. The summed E-state index contributed by atoms with van der Waals surface area (Å²) in [4.78, 5) is 21.6. The highest BCUT2D eigenvalue weighted by atomic mass is 32.1. The van der Waals surface area contributed by atoms with E-state index in [4.69, 9.17) is 4.42 Å². The number of thiazole rings is 1. The van der Waals surface area contributed by atoms with Gasteiger partial charge in [0.15, 0.2) is 16.8 Å². The fourth-order valence-electron chi connectivity index (χ4n) is 2.51. The first kappa shape index (κ1) is 18.5. The standard InChI is InChI=1S/C19H13F2N3O2S2/c20-11-3-4-12(13(21)8-11)15-9-22-18(26-15)6-5-17(25)24-19-23-14(10-28-19)16-2-1-7-27-16/h1-4,7-10H,5-6H2,(H,23,24,25). The van der Waals surface area contributed by atoms with Gasteiger partial charge in [-0.1, -0.05) is 6.07 Å². The molecule has 0 radical (unpaired) electrons. The van der Waals surface area contributed by atoms with Crippen LogP contribution >= 0.6 is 22.7 Å². The Labute approximate surface area is 166 Å². The Morgan fingerprint density at radius 1 is 1.21 bits per heavy atom. The minimum Gasteiger partial charge on any atom is -0.441 e. The van der Waals surface area contributed by atoms with Gasteiger partial charge in [-0.15, -0.1) is 22.7 Å². The molecule has 0 aliphatic rings. The zero-order valence-electron chi connectivity index (χ0n) is 14.3. The van der Waals surface area contributed by atoms with Crippen molar-refractivity contribution < 1.29 is 18.0 Å². The van der Waals surface area contributed by atoms with E-state index in [2.05, 4.69) is 15.3 Å². The van der Waals surface area contributed by atoms with Gasteiger partial charge in [-0.2, -0.15) is 0 Å². The molecule has 0 aliphatic heterocycles. The molecule has 0 unspecified atom stereocenters. The lowest BCUT2D eigenvalue weighted by atomic mass is 10.2. The number of nitrogens with zero attached hydrogens (tertiary/aromatic N) is 2. The molecule has 0 atom stereocenters. The van der Waals surface area contributed by atoms with Gasteiger partial charge in [0.1, 0.15) is 11.6 Å². The number of rotatable bonds is 6. The molecule has 1 amide bonds. The highest BCUT2D eigenvalue weighted by Crippen LogP contribution is 2.28. The van der Waals surface area contributed by atoms with Gasteiger partial charge in [0.05, 0.1) is 22.3 Å². The molecule has 1 N–H and O–H groups in total. The van der Waals surface area contributed by atoms with Crippen LogP contribution in [0.4, 0.5) is 13.9 Å². The summed E-state index contributed by atoms with van der Waals surface area (Å²) in [6, 6.07) is 7.13. The van der Waals surface area contributed by atoms with Gasteiger partial charge in [0.2, 0.25) is 5.91 Å². The number of aromatic nitrogens is 2. The van der Waals surface area contributed by atoms with Crippen molar-refractivity contribution in [3.05, 3.63) is 64.8 Å². The topological polar surface area (TPSA) is 68.0 Å². The van der Waals surface area contributed by atoms with Crippen molar-refractivity contribution in [2.45, 2.75) is 12.8 Å². The maximum Gasteiger partial charge on any atom is 0.226 e. The van der Waals surface area contributed by atoms with E-state index in [-0.39, 0.29) is 30.1 Å². The molecular formula is C19H13F2N3O2S2. The van der Waals surface area contributed by atoms with Crippen LogP contribution in [-0.2, 0) is 11.2 Å². The molecule has 142 valence electrons. The molecule has 0 aliphatic carbocycles. The van der Waals surface area contributed by atoms with Gasteiger partial charge >= 0.3 is 0 Å². The highest BCUT2D eigenvalue weighted by Gasteiger charge is 2.14. The number of thiophene rings is 1. The molecule has 0 fully saturated rings. The van der Waals surface area contributed by atoms with Gasteiger partial charge in [-0.3, -0.25) is 4.79 Å². The van der Waals surface area contributed by atoms with Gasteiger partial charge in [-0.05, 0) is 23.6 Å². The van der Waals surface area contributed by atoms with Crippen molar-refractivity contribution in [3.63, 3.8) is 0 Å². The van der Waals surface area contributed by atoms with Crippen molar-refractivity contribution in [2.75, 3.05) is 5.32 Å². The van der Waals surface area contributed by atoms with Gasteiger partial charge < -0.3 is 9.73 Å². The normalized spacial score (nSPS) is 10.9. The monoisotopic (exact) mass is 417 g/mol. The van der Waals surface area contributed by atoms with E-state index >= 15 is 0 Å². The third-order valence-corrected chi connectivity index (χ3v) is 5.49. The molecule has 4 aromatic rings. The minimum atomic E-state index is -0.731. The van der Waals surface area contributed by atoms with Crippen LogP contribution in [0.5, 0.6) is 0 Å². The molecule has 0 saturated carbocycles. The predicted molar refractivity (Wildman–Crippen MR) is 104 cm³/mol. The third-order valence-electron chi connectivity index (χ3n) is 3.84. The Kier molecular flexibility index (Phi) is 5.27. The van der Waals surface area contributed by atoms with Crippen LogP contribution in [-0.4, -0.2) is 15.9 Å². The van der Waals surface area contributed by atoms with Crippen LogP contribution < -0.4 is 5.32 Å². The molecular weight excluding hydrogens is 404 g/mol. The maximum atomic E-state index is 13.8. The first-order valence-corrected chi connectivity index (χ1v) is 10.0. The number of halogens is 2. The Balaban J connectivity index is 1.35. The number of nitrogens with one attached hydrogen (secondary N) is 1. The number of benzene rings is 1. The van der Waals surface area contributed by atoms with Crippen LogP contribution in [0.2, 0.25) is 0 Å². The van der Waals surface area contributed by atoms with E-state index in [0.717, 1.165) is 22.7 Å². The fourth-order valence-corrected chi connectivity index (χ4v) is 4.00. The van der Waals surface area contributed by atoms with Crippen molar-refractivity contribution in [3.8, 4) is 21.9 Å². The Bertz CT molecular complexity index is 1110. The van der Waals surface area contributed by atoms with Crippen molar-refractivity contribution in [1.29, 1.82) is 0 Å². The van der Waals surface area contributed by atoms with E-state index in [1.807, 2.05) is 22.9 Å². The zero-order chi connectivity index (χ0) is 19.5. The number of hydrogen-bond acceptors (Lipinski definition) is 6. The molecule has 0 spiro atoms. The average Bonchev–Trinajstić information content (AvgIpc) is 3.41. The number of aryl methyl sites for hydroxylation is 1. The first-order valence-electron chi connectivity index (χ1n) is 8.28. The molecule has 3 aromatic heterocycles. The molecule has 1 aromatic carbocycles. The summed E-state index contributed by atoms with van der Waals surface area (Å²) in [6.45, 7) is 0. The lowest BCUT2D eigenvalue weighted by molar-refractivity contribution is -0.116. The van der Waals surface area contributed by atoms with E-state index < -0.39 is 11.6 Å². The maximum absolute atomic E-state index is 13.8. The van der Waals surface area contributed by atoms with Gasteiger partial charge in [0.25, 0.3) is 0 Å². The van der Waals surface area contributed by atoms with Gasteiger partial charge in [0, 0.05) is 24.3 Å². The average molecular weight is 417 g/mol. The molecule has 3 heterocycles. The summed E-state index contributed by atoms with van der Waals surface area (Å²) < 4.78 is 32.3. The SMILES string of the molecule is O=C(CCc1ncc(-c2ccc(F)cc2F)o1)Nc1nc(-c2cccs2)cs1. The molecule has 28 heavy (non-hydrogen) atoms. The predicted octanol–water partition coefficient (Wildman–Crippen LogP) is 5.38. The molecule has 0 saturated heterocycles. The van der Waals surface area contributed by atoms with Crippen LogP contribution in [0, 0.1) is 11.6 Å². The van der Waals surface area contributed by atoms with E-state index in [0.29, 0.717) is 11.0 Å². The van der Waals surface area contributed by atoms with Gasteiger partial charge in [-0.25, -0.2) is 18.7 Å². The summed E-state index contributed by atoms with van der Waals surface area (Å²) in [5.41, 5.74) is 0.947. The van der Waals surface area contributed by atoms with Crippen molar-refractivity contribution >= 4 is 33.7 Å². The van der Waals surface area contributed by atoms with Crippen LogP contribution in [0.1, 0.15) is 12.3 Å². The Morgan fingerprint density at radius 2 is 2.11 bits per heavy atom. The second kappa shape index (κ2) is 7.99. The summed E-state index contributed by atoms with van der Waals surface area (Å²) in [6.07, 6.45) is 1.75. The van der Waals surface area contributed by atoms with Crippen LogP contribution in [0.25, 0.3) is 21.9 Å². The molecule has 4 rings (SSSR count). The molecule has 0 bridgehead atoms. The van der Waals surface area contributed by atoms with Crippen molar-refractivity contribution in [1.82, 2.24) is 9.97 Å². The van der Waals surface area contributed by atoms with Crippen LogP contribution in [0.15, 0.2) is 51.7 Å². The molecule has 9 heteroatoms. The van der Waals surface area contributed by atoms with E-state index in [1.165, 1.54) is 23.6 Å². The number of carbonyl (C=O) groups excluding carboxylic acids is 1. The van der Waals surface area contributed by atoms with Crippen LogP contribution in [0.3, 0.4) is 0 Å². The lowest BCUT2D eigenvalue weighted by Crippen LogP contribution is -2.12. The molecule has 5 nitrogen and oxygen atoms in total. The largest absolute Gasteiger partial charge is 0.441 e. The summed E-state index contributed by atoms with van der Waals surface area (Å²) >= 11 is 2.94. The smallest absolute Gasteiger partial charge is 0.226 e. The number of amides is 1. The summed E-state index contributed by atoms with van der Waals surface area (Å²) in [5.74, 6) is -1.13. The quantitative estimate of drug-likeness (QED) is 0.458. The summed E-state index contributed by atoms with van der Waals surface area (Å²) in [7, 11) is 0.